The second kappa shape index (κ2) is 7.74. The zero-order valence-corrected chi connectivity index (χ0v) is 12.0. The van der Waals surface area contributed by atoms with Gasteiger partial charge in [0.25, 0.3) is 0 Å². The first-order valence-electron chi connectivity index (χ1n) is 7.31. The van der Waals surface area contributed by atoms with Crippen molar-refractivity contribution < 1.29 is 4.79 Å². The molecule has 3 N–H and O–H groups in total. The second-order valence-electron chi connectivity index (χ2n) is 5.88. The van der Waals surface area contributed by atoms with Crippen molar-refractivity contribution in [1.82, 2.24) is 10.3 Å². The van der Waals surface area contributed by atoms with Gasteiger partial charge < -0.3 is 4.90 Å². The highest BCUT2D eigenvalue weighted by molar-refractivity contribution is 5.74. The Bertz CT molecular complexity index is 247. The zero-order chi connectivity index (χ0) is 13.4. The van der Waals surface area contributed by atoms with E-state index >= 15 is 0 Å². The molecule has 1 aliphatic heterocycles. The molecular weight excluding hydrogens is 226 g/mol. The van der Waals surface area contributed by atoms with Crippen molar-refractivity contribution in [2.24, 2.45) is 11.3 Å². The van der Waals surface area contributed by atoms with Crippen LogP contribution in [0.3, 0.4) is 0 Å². The zero-order valence-electron chi connectivity index (χ0n) is 12.0. The summed E-state index contributed by atoms with van der Waals surface area (Å²) in [6.07, 6.45) is 7.79. The SMILES string of the molecule is CCC1(C)CCN(CCCCCC(=O)NN)CC1. The predicted molar refractivity (Wildman–Crippen MR) is 74.9 cm³/mol. The number of nitrogens with one attached hydrogen (secondary N) is 1. The summed E-state index contributed by atoms with van der Waals surface area (Å²) in [6, 6.07) is 0. The molecule has 1 amide bonds. The van der Waals surface area contributed by atoms with Crippen LogP contribution in [0.4, 0.5) is 0 Å². The first kappa shape index (κ1) is 15.4. The number of nitrogens with two attached hydrogens (primary N) is 1. The molecule has 1 rings (SSSR count). The highest BCUT2D eigenvalue weighted by Crippen LogP contribution is 2.33. The molecule has 106 valence electrons. The lowest BCUT2D eigenvalue weighted by atomic mass is 9.78. The quantitative estimate of drug-likeness (QED) is 0.317. The van der Waals surface area contributed by atoms with Crippen molar-refractivity contribution in [3.63, 3.8) is 0 Å². The number of likely N-dealkylation sites (tertiary alicyclic amines) is 1. The van der Waals surface area contributed by atoms with Crippen molar-refractivity contribution in [1.29, 1.82) is 0 Å². The Kier molecular flexibility index (Phi) is 6.65. The number of hydrogen-bond donors (Lipinski definition) is 2. The second-order valence-corrected chi connectivity index (χ2v) is 5.88. The summed E-state index contributed by atoms with van der Waals surface area (Å²) in [5, 5.41) is 0. The first-order chi connectivity index (χ1) is 8.59. The third kappa shape index (κ3) is 5.36. The molecule has 0 aliphatic carbocycles. The van der Waals surface area contributed by atoms with Crippen LogP contribution in [0.5, 0.6) is 0 Å². The average molecular weight is 255 g/mol. The summed E-state index contributed by atoms with van der Waals surface area (Å²) in [6.45, 7) is 8.39. The Hall–Kier alpha value is -0.610. The third-order valence-electron chi connectivity index (χ3n) is 4.46. The number of hydrogen-bond acceptors (Lipinski definition) is 3. The molecule has 0 radical (unpaired) electrons. The minimum atomic E-state index is -0.0494. The molecule has 1 fully saturated rings. The van der Waals surface area contributed by atoms with Crippen LogP contribution in [0.1, 0.15) is 58.8 Å². The van der Waals surface area contributed by atoms with Gasteiger partial charge in [-0.2, -0.15) is 0 Å². The van der Waals surface area contributed by atoms with E-state index in [1.54, 1.807) is 0 Å². The highest BCUT2D eigenvalue weighted by atomic mass is 16.2. The Balaban J connectivity index is 2.03. The summed E-state index contributed by atoms with van der Waals surface area (Å²) in [5.41, 5.74) is 2.75. The average Bonchev–Trinajstić information content (AvgIpc) is 2.40. The van der Waals surface area contributed by atoms with Gasteiger partial charge in [-0.1, -0.05) is 26.7 Å². The van der Waals surface area contributed by atoms with Gasteiger partial charge in [0.1, 0.15) is 0 Å². The molecule has 0 aromatic rings. The molecule has 0 aromatic heterocycles. The molecule has 0 saturated carbocycles. The molecule has 1 saturated heterocycles. The number of rotatable bonds is 7. The number of hydrazine groups is 1. The van der Waals surface area contributed by atoms with Gasteiger partial charge in [-0.05, 0) is 50.7 Å². The molecular formula is C14H29N3O. The number of carbonyl (C=O) groups is 1. The summed E-state index contributed by atoms with van der Waals surface area (Å²) in [4.78, 5) is 13.5. The van der Waals surface area contributed by atoms with Gasteiger partial charge in [0, 0.05) is 6.42 Å². The Labute approximate surface area is 111 Å². The maximum atomic E-state index is 10.9. The van der Waals surface area contributed by atoms with Gasteiger partial charge in [0.05, 0.1) is 0 Å². The fourth-order valence-electron chi connectivity index (χ4n) is 2.54. The molecule has 0 atom stereocenters. The van der Waals surface area contributed by atoms with E-state index < -0.39 is 0 Å². The van der Waals surface area contributed by atoms with E-state index in [1.165, 1.54) is 45.3 Å². The van der Waals surface area contributed by atoms with Gasteiger partial charge in [0.15, 0.2) is 0 Å². The van der Waals surface area contributed by atoms with Crippen LogP contribution in [0, 0.1) is 5.41 Å². The normalized spacial score (nSPS) is 19.7. The van der Waals surface area contributed by atoms with E-state index in [1.807, 2.05) is 0 Å². The highest BCUT2D eigenvalue weighted by Gasteiger charge is 2.27. The molecule has 1 heterocycles. The fraction of sp³-hybridized carbons (Fsp3) is 0.929. The summed E-state index contributed by atoms with van der Waals surface area (Å²) in [7, 11) is 0. The molecule has 1 aliphatic rings. The summed E-state index contributed by atoms with van der Waals surface area (Å²) >= 11 is 0. The summed E-state index contributed by atoms with van der Waals surface area (Å²) in [5.74, 6) is 4.99. The van der Waals surface area contributed by atoms with E-state index in [2.05, 4.69) is 24.2 Å². The number of unbranched alkanes of at least 4 members (excludes halogenated alkanes) is 2. The molecule has 18 heavy (non-hydrogen) atoms. The maximum absolute atomic E-state index is 10.9. The lowest BCUT2D eigenvalue weighted by Crippen LogP contribution is -2.38. The van der Waals surface area contributed by atoms with Crippen LogP contribution in [-0.4, -0.2) is 30.4 Å². The van der Waals surface area contributed by atoms with Gasteiger partial charge in [0.2, 0.25) is 5.91 Å². The smallest absolute Gasteiger partial charge is 0.233 e. The van der Waals surface area contributed by atoms with Crippen molar-refractivity contribution in [2.75, 3.05) is 19.6 Å². The van der Waals surface area contributed by atoms with Crippen molar-refractivity contribution in [2.45, 2.75) is 58.8 Å². The number of nitrogens with zero attached hydrogens (tertiary/aromatic N) is 1. The van der Waals surface area contributed by atoms with Gasteiger partial charge in [-0.3, -0.25) is 10.2 Å². The van der Waals surface area contributed by atoms with Gasteiger partial charge >= 0.3 is 0 Å². The lowest BCUT2D eigenvalue weighted by molar-refractivity contribution is -0.121. The molecule has 0 bridgehead atoms. The van der Waals surface area contributed by atoms with E-state index in [9.17, 15) is 4.79 Å². The fourth-order valence-corrected chi connectivity index (χ4v) is 2.54. The Morgan fingerprint density at radius 3 is 2.50 bits per heavy atom. The summed E-state index contributed by atoms with van der Waals surface area (Å²) < 4.78 is 0. The van der Waals surface area contributed by atoms with Crippen molar-refractivity contribution in [3.05, 3.63) is 0 Å². The first-order valence-corrected chi connectivity index (χ1v) is 7.31. The van der Waals surface area contributed by atoms with Crippen LogP contribution in [0.2, 0.25) is 0 Å². The van der Waals surface area contributed by atoms with Crippen LogP contribution in [0.25, 0.3) is 0 Å². The van der Waals surface area contributed by atoms with Crippen molar-refractivity contribution in [3.8, 4) is 0 Å². The number of amides is 1. The number of carbonyl (C=O) groups excluding carboxylic acids is 1. The minimum absolute atomic E-state index is 0.0494. The molecule has 0 spiro atoms. The van der Waals surface area contributed by atoms with Crippen LogP contribution < -0.4 is 11.3 Å². The van der Waals surface area contributed by atoms with Crippen LogP contribution in [-0.2, 0) is 4.79 Å². The van der Waals surface area contributed by atoms with Crippen molar-refractivity contribution >= 4 is 5.91 Å². The lowest BCUT2D eigenvalue weighted by Gasteiger charge is -2.39. The van der Waals surface area contributed by atoms with E-state index in [0.29, 0.717) is 11.8 Å². The largest absolute Gasteiger partial charge is 0.303 e. The molecule has 4 heteroatoms. The Morgan fingerprint density at radius 1 is 1.28 bits per heavy atom. The van der Waals surface area contributed by atoms with E-state index in [-0.39, 0.29) is 5.91 Å². The van der Waals surface area contributed by atoms with Gasteiger partial charge in [-0.15, -0.1) is 0 Å². The van der Waals surface area contributed by atoms with E-state index in [4.69, 9.17) is 5.84 Å². The third-order valence-corrected chi connectivity index (χ3v) is 4.46. The number of piperidine rings is 1. The minimum Gasteiger partial charge on any atom is -0.303 e. The molecule has 4 nitrogen and oxygen atoms in total. The van der Waals surface area contributed by atoms with E-state index in [0.717, 1.165) is 12.8 Å². The predicted octanol–water partition coefficient (Wildman–Crippen LogP) is 2.05. The standard InChI is InChI=1S/C14H29N3O/c1-3-14(2)8-11-17(12-9-14)10-6-4-5-7-13(18)16-15/h3-12,15H2,1-2H3,(H,16,18). The molecule has 0 unspecified atom stereocenters. The monoisotopic (exact) mass is 255 g/mol. The Morgan fingerprint density at radius 2 is 1.94 bits per heavy atom. The van der Waals surface area contributed by atoms with Crippen LogP contribution in [0.15, 0.2) is 0 Å². The van der Waals surface area contributed by atoms with Gasteiger partial charge in [-0.25, -0.2) is 5.84 Å². The van der Waals surface area contributed by atoms with Crippen LogP contribution >= 0.6 is 0 Å². The molecule has 0 aromatic carbocycles. The topological polar surface area (TPSA) is 58.4 Å². The maximum Gasteiger partial charge on any atom is 0.233 e.